The zero-order valence-electron chi connectivity index (χ0n) is 15.2. The molecular weight excluding hydrogens is 366 g/mol. The fourth-order valence-electron chi connectivity index (χ4n) is 2.59. The number of rotatable bonds is 7. The van der Waals surface area contributed by atoms with Gasteiger partial charge in [0.1, 0.15) is 12.4 Å². The van der Waals surface area contributed by atoms with E-state index in [0.29, 0.717) is 35.2 Å². The van der Waals surface area contributed by atoms with Crippen LogP contribution in [0.2, 0.25) is 5.02 Å². The number of aromatic nitrogens is 4. The van der Waals surface area contributed by atoms with E-state index in [2.05, 4.69) is 15.5 Å². The molecular formula is C19H20ClN5O2. The third-order valence-corrected chi connectivity index (χ3v) is 4.29. The van der Waals surface area contributed by atoms with Gasteiger partial charge in [-0.1, -0.05) is 29.8 Å². The molecule has 0 aliphatic heterocycles. The van der Waals surface area contributed by atoms with Gasteiger partial charge in [-0.25, -0.2) is 4.68 Å². The van der Waals surface area contributed by atoms with E-state index in [9.17, 15) is 4.79 Å². The van der Waals surface area contributed by atoms with Crippen LogP contribution in [0, 0.1) is 0 Å². The topological polar surface area (TPSA) is 73.1 Å². The number of carbonyl (C=O) groups is 1. The van der Waals surface area contributed by atoms with Crippen LogP contribution >= 0.6 is 11.6 Å². The minimum Gasteiger partial charge on any atom is -0.486 e. The molecule has 0 saturated heterocycles. The first-order valence-electron chi connectivity index (χ1n) is 8.54. The van der Waals surface area contributed by atoms with Crippen molar-refractivity contribution in [1.29, 1.82) is 0 Å². The summed E-state index contributed by atoms with van der Waals surface area (Å²) in [5, 5.41) is 12.1. The lowest BCUT2D eigenvalue weighted by Gasteiger charge is -2.18. The molecule has 0 radical (unpaired) electrons. The maximum Gasteiger partial charge on any atom is 0.254 e. The predicted molar refractivity (Wildman–Crippen MR) is 102 cm³/mol. The number of carbonyl (C=O) groups excluding carboxylic acids is 1. The molecule has 1 aromatic heterocycles. The van der Waals surface area contributed by atoms with Crippen LogP contribution in [0.5, 0.6) is 5.75 Å². The molecule has 2 aromatic carbocycles. The average Bonchev–Trinajstić information content (AvgIpc) is 3.15. The van der Waals surface area contributed by atoms with Crippen LogP contribution in [0.25, 0.3) is 0 Å². The normalized spacial score (nSPS) is 10.6. The number of aryl methyl sites for hydroxylation is 1. The van der Waals surface area contributed by atoms with E-state index in [1.54, 1.807) is 40.9 Å². The van der Waals surface area contributed by atoms with Gasteiger partial charge in [-0.05, 0) is 53.2 Å². The van der Waals surface area contributed by atoms with Crippen LogP contribution in [0.15, 0.2) is 48.5 Å². The zero-order chi connectivity index (χ0) is 19.2. The second kappa shape index (κ2) is 8.64. The van der Waals surface area contributed by atoms with Gasteiger partial charge in [0.25, 0.3) is 5.91 Å². The lowest BCUT2D eigenvalue weighted by molar-refractivity contribution is 0.0784. The summed E-state index contributed by atoms with van der Waals surface area (Å²) in [4.78, 5) is 14.4. The van der Waals surface area contributed by atoms with Crippen LogP contribution in [-0.4, -0.2) is 38.1 Å². The Kier molecular flexibility index (Phi) is 6.03. The molecule has 1 amide bonds. The number of amides is 1. The first-order chi connectivity index (χ1) is 13.1. The molecule has 0 aliphatic rings. The Morgan fingerprint density at radius 1 is 1.22 bits per heavy atom. The van der Waals surface area contributed by atoms with E-state index >= 15 is 0 Å². The molecule has 0 bridgehead atoms. The highest BCUT2D eigenvalue weighted by Crippen LogP contribution is 2.17. The van der Waals surface area contributed by atoms with Crippen molar-refractivity contribution in [2.24, 2.45) is 0 Å². The second-order valence-corrected chi connectivity index (χ2v) is 6.45. The van der Waals surface area contributed by atoms with Gasteiger partial charge >= 0.3 is 0 Å². The number of ether oxygens (including phenoxy) is 1. The summed E-state index contributed by atoms with van der Waals surface area (Å²) in [6.45, 7) is 3.35. The van der Waals surface area contributed by atoms with Crippen molar-refractivity contribution in [3.8, 4) is 5.75 Å². The van der Waals surface area contributed by atoms with Crippen molar-refractivity contribution in [3.63, 3.8) is 0 Å². The molecule has 0 unspecified atom stereocenters. The first kappa shape index (κ1) is 18.8. The summed E-state index contributed by atoms with van der Waals surface area (Å²) in [6, 6.07) is 14.5. The molecule has 7 nitrogen and oxygen atoms in total. The van der Waals surface area contributed by atoms with E-state index in [0.717, 1.165) is 5.56 Å². The minimum absolute atomic E-state index is 0.0891. The minimum atomic E-state index is -0.0891. The summed E-state index contributed by atoms with van der Waals surface area (Å²) in [5.74, 6) is 1.13. The fourth-order valence-corrected chi connectivity index (χ4v) is 2.72. The third kappa shape index (κ3) is 4.83. The molecule has 0 fully saturated rings. The Balaban J connectivity index is 1.65. The summed E-state index contributed by atoms with van der Waals surface area (Å²) in [7, 11) is 1.76. The van der Waals surface area contributed by atoms with Crippen LogP contribution in [-0.2, 0) is 19.7 Å². The first-order valence-corrected chi connectivity index (χ1v) is 8.92. The van der Waals surface area contributed by atoms with Crippen LogP contribution in [0.3, 0.4) is 0 Å². The molecule has 8 heteroatoms. The Labute approximate surface area is 162 Å². The van der Waals surface area contributed by atoms with E-state index < -0.39 is 0 Å². The van der Waals surface area contributed by atoms with Gasteiger partial charge in [-0.3, -0.25) is 4.79 Å². The standard InChI is InChI=1S/C19H20ClN5O2/c1-3-25-18(21-22-23-25)13-27-17-6-4-5-15(11-17)19(26)24(2)12-14-7-9-16(20)10-8-14/h4-11H,3,12-13H2,1-2H3. The van der Waals surface area contributed by atoms with E-state index in [4.69, 9.17) is 16.3 Å². The predicted octanol–water partition coefficient (Wildman–Crippen LogP) is 3.20. The average molecular weight is 386 g/mol. The Hall–Kier alpha value is -2.93. The van der Waals surface area contributed by atoms with Crippen molar-refractivity contribution in [2.75, 3.05) is 7.05 Å². The number of benzene rings is 2. The van der Waals surface area contributed by atoms with Crippen molar-refractivity contribution in [2.45, 2.75) is 26.6 Å². The van der Waals surface area contributed by atoms with E-state index in [1.807, 2.05) is 31.2 Å². The molecule has 27 heavy (non-hydrogen) atoms. The number of hydrogen-bond donors (Lipinski definition) is 0. The van der Waals surface area contributed by atoms with Gasteiger partial charge in [0.05, 0.1) is 0 Å². The smallest absolute Gasteiger partial charge is 0.254 e. The molecule has 0 N–H and O–H groups in total. The SMILES string of the molecule is CCn1nnnc1COc1cccc(C(=O)N(C)Cc2ccc(Cl)cc2)c1. The summed E-state index contributed by atoms with van der Waals surface area (Å²) < 4.78 is 7.41. The zero-order valence-corrected chi connectivity index (χ0v) is 15.9. The van der Waals surface area contributed by atoms with Crippen LogP contribution < -0.4 is 4.74 Å². The maximum absolute atomic E-state index is 12.7. The maximum atomic E-state index is 12.7. The van der Waals surface area contributed by atoms with Crippen LogP contribution in [0.1, 0.15) is 28.7 Å². The Morgan fingerprint density at radius 2 is 2.00 bits per heavy atom. The highest BCUT2D eigenvalue weighted by atomic mass is 35.5. The number of nitrogens with zero attached hydrogens (tertiary/aromatic N) is 5. The molecule has 0 aliphatic carbocycles. The highest BCUT2D eigenvalue weighted by molar-refractivity contribution is 6.30. The summed E-state index contributed by atoms with van der Waals surface area (Å²) in [5.41, 5.74) is 1.56. The summed E-state index contributed by atoms with van der Waals surface area (Å²) in [6.07, 6.45) is 0. The third-order valence-electron chi connectivity index (χ3n) is 4.03. The second-order valence-electron chi connectivity index (χ2n) is 6.02. The molecule has 3 aromatic rings. The number of tetrazole rings is 1. The van der Waals surface area contributed by atoms with Gasteiger partial charge < -0.3 is 9.64 Å². The molecule has 140 valence electrons. The lowest BCUT2D eigenvalue weighted by atomic mass is 10.1. The highest BCUT2D eigenvalue weighted by Gasteiger charge is 2.13. The van der Waals surface area contributed by atoms with Gasteiger partial charge in [-0.15, -0.1) is 5.10 Å². The Bertz CT molecular complexity index is 910. The molecule has 0 atom stereocenters. The largest absolute Gasteiger partial charge is 0.486 e. The van der Waals surface area contributed by atoms with Gasteiger partial charge in [-0.2, -0.15) is 0 Å². The number of halogens is 1. The molecule has 0 saturated carbocycles. The van der Waals surface area contributed by atoms with Crippen molar-refractivity contribution in [1.82, 2.24) is 25.1 Å². The van der Waals surface area contributed by atoms with Gasteiger partial charge in [0.2, 0.25) is 0 Å². The lowest BCUT2D eigenvalue weighted by Crippen LogP contribution is -2.26. The number of hydrogen-bond acceptors (Lipinski definition) is 5. The molecule has 1 heterocycles. The van der Waals surface area contributed by atoms with Crippen molar-refractivity contribution >= 4 is 17.5 Å². The van der Waals surface area contributed by atoms with Crippen LogP contribution in [0.4, 0.5) is 0 Å². The van der Waals surface area contributed by atoms with E-state index in [1.165, 1.54) is 0 Å². The monoisotopic (exact) mass is 385 g/mol. The fraction of sp³-hybridized carbons (Fsp3) is 0.263. The van der Waals surface area contributed by atoms with Gasteiger partial charge in [0.15, 0.2) is 5.82 Å². The summed E-state index contributed by atoms with van der Waals surface area (Å²) >= 11 is 5.90. The van der Waals surface area contributed by atoms with E-state index in [-0.39, 0.29) is 12.5 Å². The van der Waals surface area contributed by atoms with Crippen molar-refractivity contribution in [3.05, 3.63) is 70.5 Å². The van der Waals surface area contributed by atoms with Gasteiger partial charge in [0, 0.05) is 30.7 Å². The van der Waals surface area contributed by atoms with Crippen molar-refractivity contribution < 1.29 is 9.53 Å². The Morgan fingerprint density at radius 3 is 2.74 bits per heavy atom. The quantitative estimate of drug-likeness (QED) is 0.624. The molecule has 3 rings (SSSR count). The molecule has 0 spiro atoms.